The molecular weight excluding hydrogens is 307 g/mol. The molecule has 0 unspecified atom stereocenters. The molecule has 2 heterocycles. The average molecular weight is 322 g/mol. The minimum Gasteiger partial charge on any atom is -0.465 e. The smallest absolute Gasteiger partial charge is 0.407 e. The number of rotatable bonds is 3. The first-order valence-electron chi connectivity index (χ1n) is 6.84. The number of piperazine rings is 1. The predicted molar refractivity (Wildman–Crippen MR) is 76.5 cm³/mol. The Kier molecular flexibility index (Phi) is 4.95. The van der Waals surface area contributed by atoms with Gasteiger partial charge in [0.1, 0.15) is 0 Å². The van der Waals surface area contributed by atoms with E-state index in [4.69, 9.17) is 10.4 Å². The highest BCUT2D eigenvalue weighted by molar-refractivity contribution is 5.87. The SMILES string of the molecule is COC(=O)c1ccc(N2CCN(C(=O)O)C[C@H]2CC#N)c(F)n1. The number of ether oxygens (including phenoxy) is 1. The van der Waals surface area contributed by atoms with Crippen LogP contribution in [-0.4, -0.2) is 59.8 Å². The summed E-state index contributed by atoms with van der Waals surface area (Å²) in [7, 11) is 1.17. The lowest BCUT2D eigenvalue weighted by Crippen LogP contribution is -2.54. The lowest BCUT2D eigenvalue weighted by atomic mass is 10.1. The van der Waals surface area contributed by atoms with Crippen LogP contribution in [0.3, 0.4) is 0 Å². The summed E-state index contributed by atoms with van der Waals surface area (Å²) in [5.74, 6) is -1.61. The van der Waals surface area contributed by atoms with Crippen LogP contribution in [0.4, 0.5) is 14.9 Å². The maximum Gasteiger partial charge on any atom is 0.407 e. The van der Waals surface area contributed by atoms with Crippen LogP contribution >= 0.6 is 0 Å². The molecule has 1 fully saturated rings. The van der Waals surface area contributed by atoms with Crippen LogP contribution in [0, 0.1) is 17.3 Å². The molecule has 0 bridgehead atoms. The molecule has 0 aliphatic carbocycles. The molecule has 1 saturated heterocycles. The van der Waals surface area contributed by atoms with Crippen LogP contribution < -0.4 is 4.90 Å². The molecule has 1 aliphatic rings. The Hall–Kier alpha value is -2.89. The lowest BCUT2D eigenvalue weighted by molar-refractivity contribution is 0.0592. The zero-order chi connectivity index (χ0) is 17.0. The van der Waals surface area contributed by atoms with Gasteiger partial charge in [-0.1, -0.05) is 0 Å². The molecule has 122 valence electrons. The number of amides is 1. The van der Waals surface area contributed by atoms with Crippen molar-refractivity contribution in [3.05, 3.63) is 23.8 Å². The molecule has 2 rings (SSSR count). The van der Waals surface area contributed by atoms with E-state index in [1.807, 2.05) is 6.07 Å². The van der Waals surface area contributed by atoms with Crippen molar-refractivity contribution >= 4 is 17.7 Å². The van der Waals surface area contributed by atoms with Gasteiger partial charge >= 0.3 is 12.1 Å². The number of methoxy groups -OCH3 is 1. The number of pyridine rings is 1. The molecule has 23 heavy (non-hydrogen) atoms. The normalized spacial score (nSPS) is 17.5. The molecule has 8 nitrogen and oxygen atoms in total. The maximum absolute atomic E-state index is 14.2. The fourth-order valence-corrected chi connectivity index (χ4v) is 2.49. The third-order valence-corrected chi connectivity index (χ3v) is 3.61. The monoisotopic (exact) mass is 322 g/mol. The molecule has 1 amide bonds. The quantitative estimate of drug-likeness (QED) is 0.655. The highest BCUT2D eigenvalue weighted by Crippen LogP contribution is 2.25. The van der Waals surface area contributed by atoms with Crippen LogP contribution in [0.5, 0.6) is 0 Å². The summed E-state index contributed by atoms with van der Waals surface area (Å²) in [6.07, 6.45) is -1.03. The molecule has 9 heteroatoms. The largest absolute Gasteiger partial charge is 0.465 e. The van der Waals surface area contributed by atoms with Crippen molar-refractivity contribution in [3.8, 4) is 6.07 Å². The van der Waals surface area contributed by atoms with Crippen molar-refractivity contribution in [3.63, 3.8) is 0 Å². The Morgan fingerprint density at radius 1 is 1.52 bits per heavy atom. The fourth-order valence-electron chi connectivity index (χ4n) is 2.49. The minimum atomic E-state index is -1.08. The number of carbonyl (C=O) groups excluding carboxylic acids is 1. The second kappa shape index (κ2) is 6.91. The summed E-state index contributed by atoms with van der Waals surface area (Å²) in [6.45, 7) is 0.519. The number of aromatic nitrogens is 1. The van der Waals surface area contributed by atoms with E-state index in [-0.39, 0.29) is 37.4 Å². The van der Waals surface area contributed by atoms with Crippen molar-refractivity contribution in [2.45, 2.75) is 12.5 Å². The summed E-state index contributed by atoms with van der Waals surface area (Å²) < 4.78 is 18.7. The lowest BCUT2D eigenvalue weighted by Gasteiger charge is -2.40. The van der Waals surface area contributed by atoms with Gasteiger partial charge < -0.3 is 19.6 Å². The fraction of sp³-hybridized carbons (Fsp3) is 0.429. The second-order valence-electron chi connectivity index (χ2n) is 4.94. The Morgan fingerprint density at radius 2 is 2.26 bits per heavy atom. The molecule has 0 radical (unpaired) electrons. The van der Waals surface area contributed by atoms with E-state index in [0.29, 0.717) is 0 Å². The first kappa shape index (κ1) is 16.5. The summed E-state index contributed by atoms with van der Waals surface area (Å²) >= 11 is 0. The van der Waals surface area contributed by atoms with E-state index in [0.717, 1.165) is 0 Å². The van der Waals surface area contributed by atoms with Gasteiger partial charge in [-0.05, 0) is 12.1 Å². The Bertz CT molecular complexity index is 661. The standard InChI is InChI=1S/C14H15FN4O4/c1-23-13(20)10-2-3-11(12(15)17-10)19-7-6-18(14(21)22)8-9(19)4-5-16/h2-3,9H,4,6-8H2,1H3,(H,21,22)/t9-/m1/s1. The number of carboxylic acid groups (broad SMARTS) is 1. The minimum absolute atomic E-state index is 0.0436. The van der Waals surface area contributed by atoms with Gasteiger partial charge in [-0.25, -0.2) is 14.6 Å². The van der Waals surface area contributed by atoms with Gasteiger partial charge in [-0.2, -0.15) is 9.65 Å². The molecule has 1 aromatic heterocycles. The predicted octanol–water partition coefficient (Wildman–Crippen LogP) is 1.09. The van der Waals surface area contributed by atoms with Gasteiger partial charge in [0.25, 0.3) is 0 Å². The molecule has 0 spiro atoms. The van der Waals surface area contributed by atoms with Gasteiger partial charge in [0, 0.05) is 19.6 Å². The highest BCUT2D eigenvalue weighted by Gasteiger charge is 2.31. The number of nitriles is 1. The third-order valence-electron chi connectivity index (χ3n) is 3.61. The zero-order valence-corrected chi connectivity index (χ0v) is 12.4. The zero-order valence-electron chi connectivity index (χ0n) is 12.4. The van der Waals surface area contributed by atoms with E-state index >= 15 is 0 Å². The Balaban J connectivity index is 2.27. The van der Waals surface area contributed by atoms with E-state index in [1.165, 1.54) is 24.1 Å². The van der Waals surface area contributed by atoms with Crippen LogP contribution in [0.15, 0.2) is 12.1 Å². The van der Waals surface area contributed by atoms with Crippen molar-refractivity contribution in [1.29, 1.82) is 5.26 Å². The van der Waals surface area contributed by atoms with Crippen LogP contribution in [0.1, 0.15) is 16.9 Å². The topological polar surface area (TPSA) is 107 Å². The van der Waals surface area contributed by atoms with E-state index < -0.39 is 24.1 Å². The van der Waals surface area contributed by atoms with Gasteiger partial charge in [0.05, 0.1) is 31.3 Å². The van der Waals surface area contributed by atoms with E-state index in [9.17, 15) is 14.0 Å². The maximum atomic E-state index is 14.2. The van der Waals surface area contributed by atoms with Crippen LogP contribution in [0.2, 0.25) is 0 Å². The molecule has 1 N–H and O–H groups in total. The Labute approximate surface area is 131 Å². The Morgan fingerprint density at radius 3 is 2.83 bits per heavy atom. The van der Waals surface area contributed by atoms with Gasteiger partial charge in [0.15, 0.2) is 5.69 Å². The van der Waals surface area contributed by atoms with Gasteiger partial charge in [-0.15, -0.1) is 0 Å². The number of carbonyl (C=O) groups is 2. The van der Waals surface area contributed by atoms with Crippen molar-refractivity contribution in [2.24, 2.45) is 0 Å². The van der Waals surface area contributed by atoms with Crippen molar-refractivity contribution < 1.29 is 23.8 Å². The van der Waals surface area contributed by atoms with E-state index in [1.54, 1.807) is 4.90 Å². The van der Waals surface area contributed by atoms with Crippen molar-refractivity contribution in [2.75, 3.05) is 31.6 Å². The first-order chi connectivity index (χ1) is 11.0. The molecular formula is C14H15FN4O4. The summed E-state index contributed by atoms with van der Waals surface area (Å²) in [5, 5.41) is 18.0. The van der Waals surface area contributed by atoms with Gasteiger partial charge in [0.2, 0.25) is 5.95 Å². The molecule has 0 aromatic carbocycles. The van der Waals surface area contributed by atoms with Crippen molar-refractivity contribution in [1.82, 2.24) is 9.88 Å². The van der Waals surface area contributed by atoms with Crippen LogP contribution in [0.25, 0.3) is 0 Å². The highest BCUT2D eigenvalue weighted by atomic mass is 19.1. The first-order valence-corrected chi connectivity index (χ1v) is 6.84. The molecule has 1 atom stereocenters. The molecule has 1 aliphatic heterocycles. The summed E-state index contributed by atoms with van der Waals surface area (Å²) in [4.78, 5) is 28.8. The van der Waals surface area contributed by atoms with E-state index in [2.05, 4.69) is 9.72 Å². The number of esters is 1. The number of nitrogens with zero attached hydrogens (tertiary/aromatic N) is 4. The molecule has 1 aromatic rings. The molecule has 0 saturated carbocycles. The second-order valence-corrected chi connectivity index (χ2v) is 4.94. The average Bonchev–Trinajstić information content (AvgIpc) is 2.54. The number of hydrogen-bond donors (Lipinski definition) is 1. The number of hydrogen-bond acceptors (Lipinski definition) is 6. The number of halogens is 1. The van der Waals surface area contributed by atoms with Crippen LogP contribution in [-0.2, 0) is 4.74 Å². The number of anilines is 1. The summed E-state index contributed by atoms with van der Waals surface area (Å²) in [6, 6.07) is 4.21. The summed E-state index contributed by atoms with van der Waals surface area (Å²) in [5.41, 5.74) is -0.0299. The van der Waals surface area contributed by atoms with Gasteiger partial charge in [-0.3, -0.25) is 0 Å². The third kappa shape index (κ3) is 3.48.